The number of phenolic OH excluding ortho intramolecular Hbond substituents is 1. The van der Waals surface area contributed by atoms with E-state index in [9.17, 15) is 22.7 Å². The highest BCUT2D eigenvalue weighted by molar-refractivity contribution is 5.78. The zero-order chi connectivity index (χ0) is 28.1. The zero-order valence-corrected chi connectivity index (χ0v) is 20.9. The second-order valence-electron chi connectivity index (χ2n) is 8.74. The molecular formula is C27H23F4N7O2. The molecule has 2 aromatic carbocycles. The number of hydrogen-bond donors (Lipinski definition) is 3. The van der Waals surface area contributed by atoms with Crippen LogP contribution >= 0.6 is 0 Å². The van der Waals surface area contributed by atoms with Gasteiger partial charge >= 0.3 is 6.18 Å². The number of hydrogen-bond acceptors (Lipinski definition) is 9. The van der Waals surface area contributed by atoms with Crippen LogP contribution in [0.4, 0.5) is 40.7 Å². The molecule has 13 heteroatoms. The van der Waals surface area contributed by atoms with E-state index >= 15 is 0 Å². The summed E-state index contributed by atoms with van der Waals surface area (Å²) in [7, 11) is 0. The molecule has 3 heterocycles. The number of alkyl halides is 3. The lowest BCUT2D eigenvalue weighted by molar-refractivity contribution is -0.137. The van der Waals surface area contributed by atoms with Gasteiger partial charge in [0.1, 0.15) is 5.75 Å². The number of rotatable bonds is 7. The van der Waals surface area contributed by atoms with Crippen LogP contribution < -0.4 is 15.6 Å². The minimum Gasteiger partial charge on any atom is -0.508 e. The van der Waals surface area contributed by atoms with Crippen molar-refractivity contribution in [3.8, 4) is 16.9 Å². The first-order valence-electron chi connectivity index (χ1n) is 12.1. The Morgan fingerprint density at radius 3 is 2.40 bits per heavy atom. The van der Waals surface area contributed by atoms with Gasteiger partial charge in [0.25, 0.3) is 0 Å². The van der Waals surface area contributed by atoms with Gasteiger partial charge in [0.2, 0.25) is 5.95 Å². The molecule has 9 nitrogen and oxygen atoms in total. The number of nitrogens with one attached hydrogen (secondary N) is 2. The fourth-order valence-electron chi connectivity index (χ4n) is 4.04. The van der Waals surface area contributed by atoms with Crippen molar-refractivity contribution < 1.29 is 27.4 Å². The van der Waals surface area contributed by atoms with Crippen LogP contribution in [-0.2, 0) is 10.9 Å². The van der Waals surface area contributed by atoms with Crippen molar-refractivity contribution >= 4 is 29.4 Å². The summed E-state index contributed by atoms with van der Waals surface area (Å²) in [5.74, 6) is -0.310. The molecule has 40 heavy (non-hydrogen) atoms. The summed E-state index contributed by atoms with van der Waals surface area (Å²) in [6.45, 7) is 1.99. The Hall–Kier alpha value is -4.78. The maximum absolute atomic E-state index is 14.2. The Balaban J connectivity index is 1.25. The molecule has 1 fully saturated rings. The van der Waals surface area contributed by atoms with E-state index < -0.39 is 17.6 Å². The number of benzene rings is 2. The molecule has 1 aliphatic heterocycles. The predicted molar refractivity (Wildman–Crippen MR) is 142 cm³/mol. The Labute approximate surface area is 226 Å². The highest BCUT2D eigenvalue weighted by Gasteiger charge is 2.34. The van der Waals surface area contributed by atoms with Gasteiger partial charge in [-0.2, -0.15) is 23.3 Å². The highest BCUT2D eigenvalue weighted by atomic mass is 19.4. The molecule has 1 aliphatic rings. The number of morpholine rings is 1. The molecule has 2 aromatic heterocycles. The maximum atomic E-state index is 14.2. The molecular weight excluding hydrogens is 530 g/mol. The highest BCUT2D eigenvalue weighted by Crippen LogP contribution is 2.39. The van der Waals surface area contributed by atoms with Gasteiger partial charge in [0, 0.05) is 18.8 Å². The third-order valence-electron chi connectivity index (χ3n) is 5.98. The van der Waals surface area contributed by atoms with Crippen molar-refractivity contribution in [1.82, 2.24) is 15.0 Å². The van der Waals surface area contributed by atoms with Crippen LogP contribution in [0.3, 0.4) is 0 Å². The van der Waals surface area contributed by atoms with E-state index in [2.05, 4.69) is 30.8 Å². The lowest BCUT2D eigenvalue weighted by atomic mass is 9.98. The molecule has 1 saturated heterocycles. The molecule has 206 valence electrons. The van der Waals surface area contributed by atoms with Crippen molar-refractivity contribution in [1.29, 1.82) is 0 Å². The van der Waals surface area contributed by atoms with Crippen molar-refractivity contribution in [2.45, 2.75) is 6.18 Å². The molecule has 0 saturated carbocycles. The Bertz CT molecular complexity index is 1490. The van der Waals surface area contributed by atoms with Crippen LogP contribution in [0.25, 0.3) is 11.1 Å². The number of hydrazone groups is 1. The summed E-state index contributed by atoms with van der Waals surface area (Å²) in [5, 5.41) is 16.4. The second kappa shape index (κ2) is 11.5. The van der Waals surface area contributed by atoms with Crippen molar-refractivity contribution in [3.05, 3.63) is 84.1 Å². The van der Waals surface area contributed by atoms with Gasteiger partial charge in [-0.25, -0.2) is 14.8 Å². The molecule has 4 aromatic rings. The number of aromatic hydroxyl groups is 1. The summed E-state index contributed by atoms with van der Waals surface area (Å²) in [6.07, 6.45) is -0.671. The Kier molecular flexibility index (Phi) is 7.73. The molecule has 0 bridgehead atoms. The van der Waals surface area contributed by atoms with Gasteiger partial charge < -0.3 is 20.1 Å². The quantitative estimate of drug-likeness (QED) is 0.158. The minimum absolute atomic E-state index is 0.00238. The number of ether oxygens (including phenoxy) is 1. The number of anilines is 4. The Morgan fingerprint density at radius 1 is 0.950 bits per heavy atom. The molecule has 0 amide bonds. The number of halogens is 4. The van der Waals surface area contributed by atoms with Crippen LogP contribution in [0, 0.1) is 5.82 Å². The van der Waals surface area contributed by atoms with Crippen LogP contribution in [0.15, 0.2) is 72.1 Å². The largest absolute Gasteiger partial charge is 0.508 e. The smallest absolute Gasteiger partial charge is 0.417 e. The topological polar surface area (TPSA) is 108 Å². The number of aromatic nitrogens is 3. The van der Waals surface area contributed by atoms with E-state index in [1.165, 1.54) is 48.8 Å². The first-order chi connectivity index (χ1) is 19.3. The molecule has 0 spiro atoms. The SMILES string of the molecule is Oc1ccc(-c2ccc(Nc3ccc(/C=N/Nc4ncc(F)c(N5CCOCC5)n4)nc3)cc2C(F)(F)F)cc1. The number of pyridine rings is 1. The van der Waals surface area contributed by atoms with E-state index in [4.69, 9.17) is 4.74 Å². The van der Waals surface area contributed by atoms with Gasteiger partial charge in [0.05, 0.1) is 48.8 Å². The first-order valence-corrected chi connectivity index (χ1v) is 12.1. The lowest BCUT2D eigenvalue weighted by Gasteiger charge is -2.27. The maximum Gasteiger partial charge on any atom is 0.417 e. The fraction of sp³-hybridized carbons (Fsp3) is 0.185. The van der Waals surface area contributed by atoms with Crippen LogP contribution in [0.2, 0.25) is 0 Å². The summed E-state index contributed by atoms with van der Waals surface area (Å²) in [5.41, 5.74) is 3.30. The first kappa shape index (κ1) is 26.8. The van der Waals surface area contributed by atoms with Crippen LogP contribution in [0.1, 0.15) is 11.3 Å². The summed E-state index contributed by atoms with van der Waals surface area (Å²) < 4.78 is 60.9. The zero-order valence-electron chi connectivity index (χ0n) is 20.9. The normalized spacial score (nSPS) is 13.9. The van der Waals surface area contributed by atoms with E-state index in [0.29, 0.717) is 43.2 Å². The third-order valence-corrected chi connectivity index (χ3v) is 5.98. The van der Waals surface area contributed by atoms with Crippen LogP contribution in [0.5, 0.6) is 5.75 Å². The van der Waals surface area contributed by atoms with E-state index in [1.54, 1.807) is 17.0 Å². The monoisotopic (exact) mass is 553 g/mol. The van der Waals surface area contributed by atoms with E-state index in [-0.39, 0.29) is 28.8 Å². The number of phenols is 1. The Morgan fingerprint density at radius 2 is 1.70 bits per heavy atom. The minimum atomic E-state index is -4.59. The summed E-state index contributed by atoms with van der Waals surface area (Å²) >= 11 is 0. The molecule has 0 radical (unpaired) electrons. The predicted octanol–water partition coefficient (Wildman–Crippen LogP) is 5.43. The van der Waals surface area contributed by atoms with Crippen molar-refractivity contribution in [2.24, 2.45) is 5.10 Å². The second-order valence-corrected chi connectivity index (χ2v) is 8.74. The summed E-state index contributed by atoms with van der Waals surface area (Å²) in [6, 6.07) is 12.7. The molecule has 0 atom stereocenters. The fourth-order valence-corrected chi connectivity index (χ4v) is 4.04. The van der Waals surface area contributed by atoms with Gasteiger partial charge in [-0.05, 0) is 47.5 Å². The average Bonchev–Trinajstić information content (AvgIpc) is 2.95. The van der Waals surface area contributed by atoms with Gasteiger partial charge in [-0.3, -0.25) is 4.98 Å². The van der Waals surface area contributed by atoms with Gasteiger partial charge in [-0.15, -0.1) is 0 Å². The van der Waals surface area contributed by atoms with Crippen molar-refractivity contribution in [2.75, 3.05) is 41.9 Å². The molecule has 0 unspecified atom stereocenters. The third kappa shape index (κ3) is 6.43. The van der Waals surface area contributed by atoms with Crippen LogP contribution in [-0.4, -0.2) is 52.6 Å². The lowest BCUT2D eigenvalue weighted by Crippen LogP contribution is -2.37. The standard InChI is InChI=1S/C27H23F4N7O2/c28-24-16-33-26(36-25(24)38-9-11-40-12-10-38)37-34-15-19-3-4-20(14-32-19)35-18-5-8-22(23(13-18)27(29,30)31)17-1-6-21(39)7-2-17/h1-8,13-16,35,39H,9-12H2,(H,33,36,37)/b34-15+. The van der Waals surface area contributed by atoms with Crippen molar-refractivity contribution in [3.63, 3.8) is 0 Å². The molecule has 5 rings (SSSR count). The van der Waals surface area contributed by atoms with Gasteiger partial charge in [-0.1, -0.05) is 18.2 Å². The van der Waals surface area contributed by atoms with Gasteiger partial charge in [0.15, 0.2) is 11.6 Å². The molecule has 3 N–H and O–H groups in total. The average molecular weight is 554 g/mol. The van der Waals surface area contributed by atoms with E-state index in [1.807, 2.05) is 0 Å². The summed E-state index contributed by atoms with van der Waals surface area (Å²) in [4.78, 5) is 14.1. The number of nitrogens with zero attached hydrogens (tertiary/aromatic N) is 5. The molecule has 0 aliphatic carbocycles. The van der Waals surface area contributed by atoms with E-state index in [0.717, 1.165) is 12.3 Å².